The van der Waals surface area contributed by atoms with Crippen molar-refractivity contribution in [3.8, 4) is 0 Å². The van der Waals surface area contributed by atoms with Gasteiger partial charge in [-0.15, -0.1) is 8.46 Å². The Morgan fingerprint density at radius 1 is 0.848 bits per heavy atom. The maximum atomic E-state index is 12.4. The average molecular weight is 715 g/mol. The van der Waals surface area contributed by atoms with Crippen molar-refractivity contribution in [2.24, 2.45) is 0 Å². The lowest BCUT2D eigenvalue weighted by Gasteiger charge is -2.35. The number of unbranched alkanes of at least 4 members (excludes halogenated alkanes) is 2. The Morgan fingerprint density at radius 2 is 1.42 bits per heavy atom. The fourth-order valence-corrected chi connectivity index (χ4v) is 8.51. The van der Waals surface area contributed by atoms with Crippen LogP contribution in [0, 0.1) is 0 Å². The Hall–Kier alpha value is 0.650. The van der Waals surface area contributed by atoms with E-state index in [2.05, 4.69) is 54.2 Å². The van der Waals surface area contributed by atoms with E-state index in [-0.39, 0.29) is 41.4 Å². The molecule has 3 saturated heterocycles. The lowest BCUT2D eigenvalue weighted by Crippen LogP contribution is -2.49. The van der Waals surface area contributed by atoms with Crippen LogP contribution in [0.25, 0.3) is 0 Å². The highest BCUT2D eigenvalue weighted by atomic mass is 127. The molecule has 4 atom stereocenters. The van der Waals surface area contributed by atoms with Gasteiger partial charge >= 0.3 is 0 Å². The fraction of sp³-hybridized carbons (Fsp3) is 0.789. The Labute approximate surface area is 227 Å². The smallest absolute Gasteiger partial charge is 0.237 e. The molecule has 0 aromatic heterocycles. The molecule has 3 heterocycles. The molecule has 3 radical (unpaired) electrons. The molecule has 179 valence electrons. The van der Waals surface area contributed by atoms with Crippen molar-refractivity contribution in [3.05, 3.63) is 0 Å². The van der Waals surface area contributed by atoms with E-state index in [1.807, 2.05) is 4.86 Å². The number of amides is 4. The molecule has 0 spiro atoms. The summed E-state index contributed by atoms with van der Waals surface area (Å²) in [5.41, 5.74) is -1.38. The summed E-state index contributed by atoms with van der Waals surface area (Å²) in [7, 11) is 6.28. The molecule has 0 saturated carbocycles. The summed E-state index contributed by atoms with van der Waals surface area (Å²) in [6.07, 6.45) is 3.49. The normalized spacial score (nSPS) is 26.4. The molecule has 3 fully saturated rings. The molecule has 8 nitrogen and oxygen atoms in total. The highest BCUT2D eigenvalue weighted by Gasteiger charge is 2.40. The van der Waals surface area contributed by atoms with E-state index >= 15 is 0 Å². The summed E-state index contributed by atoms with van der Waals surface area (Å²) in [6, 6.07) is 0. The average Bonchev–Trinajstić information content (AvgIpc) is 3.22. The van der Waals surface area contributed by atoms with Gasteiger partial charge in [-0.1, -0.05) is 33.9 Å². The molecule has 3 aliphatic rings. The fourth-order valence-electron chi connectivity index (χ4n) is 4.48. The molecule has 0 bridgehead atoms. The number of piperazine rings is 1. The molecule has 3 rings (SSSR count). The Morgan fingerprint density at radius 3 is 2.03 bits per heavy atom. The zero-order valence-electron chi connectivity index (χ0n) is 18.6. The first-order valence-electron chi connectivity index (χ1n) is 11.3. The predicted molar refractivity (Wildman–Crippen MR) is 152 cm³/mol. The third kappa shape index (κ3) is 7.81. The second-order valence-electron chi connectivity index (χ2n) is 8.61. The maximum absolute atomic E-state index is 12.4. The number of halogens is 2. The van der Waals surface area contributed by atoms with Gasteiger partial charge in [0, 0.05) is 58.7 Å². The third-order valence-electron chi connectivity index (χ3n) is 6.49. The van der Waals surface area contributed by atoms with Crippen LogP contribution in [-0.4, -0.2) is 119 Å². The van der Waals surface area contributed by atoms with E-state index in [4.69, 9.17) is 7.57 Å². The summed E-state index contributed by atoms with van der Waals surface area (Å²) < 4.78 is 0. The highest BCUT2D eigenvalue weighted by Crippen LogP contribution is 2.49. The molecule has 4 amide bonds. The van der Waals surface area contributed by atoms with Crippen LogP contribution in [-0.2, 0) is 19.2 Å². The number of nitrogens with zero attached hydrogens (tertiary/aromatic N) is 4. The lowest BCUT2D eigenvalue weighted by atomic mass is 10.2. The van der Waals surface area contributed by atoms with Crippen molar-refractivity contribution >= 4 is 94.4 Å². The minimum atomic E-state index is -0.932. The molecular weight excluding hydrogens is 686 g/mol. The van der Waals surface area contributed by atoms with E-state index in [1.54, 1.807) is 0 Å². The Bertz CT molecular complexity index is 747. The van der Waals surface area contributed by atoms with Gasteiger partial charge in [0.1, 0.15) is 7.57 Å². The molecular formula is C19H29B2I2N4O4P2. The van der Waals surface area contributed by atoms with Crippen molar-refractivity contribution in [1.29, 1.82) is 0 Å². The molecule has 3 aliphatic heterocycles. The van der Waals surface area contributed by atoms with Gasteiger partial charge in [0.15, 0.2) is 0 Å². The maximum Gasteiger partial charge on any atom is 0.237 e. The van der Waals surface area contributed by atoms with Crippen LogP contribution < -0.4 is 0 Å². The van der Waals surface area contributed by atoms with Crippen LogP contribution in [0.3, 0.4) is 0 Å². The van der Waals surface area contributed by atoms with E-state index in [0.29, 0.717) is 28.0 Å². The van der Waals surface area contributed by atoms with E-state index < -0.39 is 5.44 Å². The first kappa shape index (κ1) is 28.2. The van der Waals surface area contributed by atoms with Crippen LogP contribution in [0.1, 0.15) is 32.1 Å². The number of hydrogen-bond donors (Lipinski definition) is 0. The van der Waals surface area contributed by atoms with Crippen LogP contribution in [0.15, 0.2) is 0 Å². The van der Waals surface area contributed by atoms with Crippen molar-refractivity contribution in [3.63, 3.8) is 0 Å². The summed E-state index contributed by atoms with van der Waals surface area (Å²) in [4.78, 5) is 58.5. The quantitative estimate of drug-likeness (QED) is 0.101. The SMILES string of the molecule is [B]P(I)C1CC(=O)N(CCCCCN2CCN(CCN3C(=O)CC(P[B]I)C3=O)CC2)C1=O. The first-order valence-corrected chi connectivity index (χ1v) is 18.0. The summed E-state index contributed by atoms with van der Waals surface area (Å²) in [6.45, 7) is 6.62. The van der Waals surface area contributed by atoms with Crippen LogP contribution in [0.2, 0.25) is 0 Å². The number of hydrogen-bond acceptors (Lipinski definition) is 6. The van der Waals surface area contributed by atoms with Crippen LogP contribution in [0.5, 0.6) is 0 Å². The minimum absolute atomic E-state index is 0.00385. The number of imide groups is 2. The Kier molecular flexibility index (Phi) is 11.8. The van der Waals surface area contributed by atoms with E-state index in [1.165, 1.54) is 9.80 Å². The zero-order valence-corrected chi connectivity index (χ0v) is 24.8. The van der Waals surface area contributed by atoms with Gasteiger partial charge in [-0.25, -0.2) is 0 Å². The minimum Gasteiger partial charge on any atom is -0.301 e. The van der Waals surface area contributed by atoms with Crippen molar-refractivity contribution in [2.45, 2.75) is 43.4 Å². The number of rotatable bonds is 12. The molecule has 0 aromatic rings. The van der Waals surface area contributed by atoms with Gasteiger partial charge < -0.3 is 4.90 Å². The van der Waals surface area contributed by atoms with Gasteiger partial charge in [-0.2, -0.15) is 22.4 Å². The molecule has 33 heavy (non-hydrogen) atoms. The second-order valence-corrected chi connectivity index (χ2v) is 16.4. The topological polar surface area (TPSA) is 81.2 Å². The molecule has 0 N–H and O–H groups in total. The molecule has 0 aliphatic carbocycles. The summed E-state index contributed by atoms with van der Waals surface area (Å²) in [5.74, 6) is -0.195. The number of carbonyl (C=O) groups excluding carboxylic acids is 4. The second kappa shape index (κ2) is 13.8. The number of likely N-dealkylation sites (tertiary alicyclic amines) is 2. The van der Waals surface area contributed by atoms with Crippen molar-refractivity contribution < 1.29 is 19.2 Å². The van der Waals surface area contributed by atoms with Gasteiger partial charge in [0.25, 0.3) is 0 Å². The lowest BCUT2D eigenvalue weighted by molar-refractivity contribution is -0.140. The van der Waals surface area contributed by atoms with Gasteiger partial charge in [0.05, 0.1) is 11.3 Å². The van der Waals surface area contributed by atoms with Crippen molar-refractivity contribution in [2.75, 3.05) is 52.4 Å². The first-order chi connectivity index (χ1) is 15.8. The summed E-state index contributed by atoms with van der Waals surface area (Å²) in [5, 5.41) is 0. The zero-order chi connectivity index (χ0) is 24.0. The Balaban J connectivity index is 1.26. The largest absolute Gasteiger partial charge is 0.301 e. The highest BCUT2D eigenvalue weighted by molar-refractivity contribution is 14.2. The van der Waals surface area contributed by atoms with Crippen LogP contribution in [0.4, 0.5) is 0 Å². The monoisotopic (exact) mass is 715 g/mol. The van der Waals surface area contributed by atoms with Gasteiger partial charge in [-0.05, 0) is 19.4 Å². The molecule has 14 heteroatoms. The van der Waals surface area contributed by atoms with Crippen molar-refractivity contribution in [1.82, 2.24) is 19.6 Å². The van der Waals surface area contributed by atoms with Crippen LogP contribution >= 0.6 is 58.3 Å². The molecule has 0 aromatic carbocycles. The number of carbonyl (C=O) groups is 4. The summed E-state index contributed by atoms with van der Waals surface area (Å²) >= 11 is 4.22. The standard InChI is InChI=1S/C19H29B2I2N4O4P2/c20-33(23)15-13-17(29)26(19(15)31)5-3-1-2-4-24-6-8-25(9-7-24)10-11-27-16(28)12-14(18(27)30)32-21-22/h14-15,32H,1-13H2. The van der Waals surface area contributed by atoms with E-state index in [9.17, 15) is 19.2 Å². The predicted octanol–water partition coefficient (Wildman–Crippen LogP) is 1.59. The molecule has 4 unspecified atom stereocenters. The third-order valence-corrected chi connectivity index (χ3v) is 11.6. The van der Waals surface area contributed by atoms with E-state index in [0.717, 1.165) is 58.5 Å². The van der Waals surface area contributed by atoms with Gasteiger partial charge in [0.2, 0.25) is 28.5 Å². The van der Waals surface area contributed by atoms with Gasteiger partial charge in [-0.3, -0.25) is 33.9 Å².